The molecule has 4 heteroatoms. The van der Waals surface area contributed by atoms with Crippen LogP contribution >= 0.6 is 0 Å². The number of hydrogen-bond donors (Lipinski definition) is 2. The molecule has 0 aliphatic rings. The number of nitrogens with zero attached hydrogens (tertiary/aromatic N) is 1. The van der Waals surface area contributed by atoms with Gasteiger partial charge in [0.15, 0.2) is 0 Å². The largest absolute Gasteiger partial charge is 0.387 e. The van der Waals surface area contributed by atoms with Crippen molar-refractivity contribution in [2.24, 2.45) is 0 Å². The highest BCUT2D eigenvalue weighted by atomic mass is 19.1. The highest BCUT2D eigenvalue weighted by Gasteiger charge is 2.09. The van der Waals surface area contributed by atoms with Gasteiger partial charge in [0.2, 0.25) is 0 Å². The lowest BCUT2D eigenvalue weighted by Gasteiger charge is -2.14. The Morgan fingerprint density at radius 3 is 2.55 bits per heavy atom. The monoisotopic (exact) mass is 270 g/mol. The Morgan fingerprint density at radius 1 is 1.25 bits per heavy atom. The second-order valence-corrected chi connectivity index (χ2v) is 4.61. The molecule has 0 aliphatic carbocycles. The Bertz CT molecular complexity index is 632. The molecule has 0 radical (unpaired) electrons. The van der Waals surface area contributed by atoms with E-state index in [4.69, 9.17) is 5.26 Å². The minimum atomic E-state index is -0.761. The number of aryl methyl sites for hydroxylation is 1. The van der Waals surface area contributed by atoms with Gasteiger partial charge >= 0.3 is 0 Å². The van der Waals surface area contributed by atoms with Crippen LogP contribution in [0.4, 0.5) is 10.1 Å². The number of aliphatic hydroxyl groups excluding tert-OH is 1. The number of halogens is 1. The number of aliphatic hydroxyl groups is 1. The average Bonchev–Trinajstić information content (AvgIpc) is 2.46. The van der Waals surface area contributed by atoms with E-state index in [1.165, 1.54) is 6.07 Å². The molecular weight excluding hydrogens is 255 g/mol. The lowest BCUT2D eigenvalue weighted by molar-refractivity contribution is 0.191. The fourth-order valence-corrected chi connectivity index (χ4v) is 1.87. The van der Waals surface area contributed by atoms with E-state index in [0.717, 1.165) is 5.56 Å². The highest BCUT2D eigenvalue weighted by molar-refractivity contribution is 5.46. The Balaban J connectivity index is 2.00. The summed E-state index contributed by atoms with van der Waals surface area (Å²) in [4.78, 5) is 0. The van der Waals surface area contributed by atoms with E-state index in [2.05, 4.69) is 5.32 Å². The summed E-state index contributed by atoms with van der Waals surface area (Å²) in [6.45, 7) is 2.02. The second kappa shape index (κ2) is 6.18. The zero-order chi connectivity index (χ0) is 14.5. The summed E-state index contributed by atoms with van der Waals surface area (Å²) in [6.07, 6.45) is -0.761. The van der Waals surface area contributed by atoms with Crippen LogP contribution in [0.15, 0.2) is 42.5 Å². The summed E-state index contributed by atoms with van der Waals surface area (Å²) in [7, 11) is 0. The number of hydrogen-bond acceptors (Lipinski definition) is 3. The van der Waals surface area contributed by atoms with Gasteiger partial charge in [-0.1, -0.05) is 18.2 Å². The van der Waals surface area contributed by atoms with Gasteiger partial charge in [-0.05, 0) is 42.3 Å². The molecule has 2 aromatic carbocycles. The predicted octanol–water partition coefficient (Wildman–Crippen LogP) is 3.15. The van der Waals surface area contributed by atoms with Gasteiger partial charge in [-0.2, -0.15) is 5.26 Å². The van der Waals surface area contributed by atoms with Crippen LogP contribution < -0.4 is 5.32 Å². The summed E-state index contributed by atoms with van der Waals surface area (Å²) in [5.41, 5.74) is 2.44. The molecule has 3 nitrogen and oxygen atoms in total. The molecule has 0 spiro atoms. The minimum absolute atomic E-state index is 0.200. The fraction of sp³-hybridized carbons (Fsp3) is 0.188. The van der Waals surface area contributed by atoms with E-state index >= 15 is 0 Å². The van der Waals surface area contributed by atoms with Crippen LogP contribution in [0.3, 0.4) is 0 Å². The molecule has 0 fully saturated rings. The molecule has 0 aliphatic heterocycles. The maximum Gasteiger partial charge on any atom is 0.146 e. The van der Waals surface area contributed by atoms with Gasteiger partial charge in [-0.15, -0.1) is 0 Å². The molecule has 20 heavy (non-hydrogen) atoms. The first-order valence-corrected chi connectivity index (χ1v) is 6.28. The number of nitrogens with one attached hydrogen (secondary N) is 1. The summed E-state index contributed by atoms with van der Waals surface area (Å²) in [5, 5.41) is 21.6. The maximum absolute atomic E-state index is 13.6. The zero-order valence-electron chi connectivity index (χ0n) is 11.1. The van der Waals surface area contributed by atoms with Gasteiger partial charge in [0.1, 0.15) is 5.82 Å². The van der Waals surface area contributed by atoms with E-state index in [1.54, 1.807) is 36.4 Å². The lowest BCUT2D eigenvalue weighted by Crippen LogP contribution is -2.13. The first-order chi connectivity index (χ1) is 9.60. The Kier molecular flexibility index (Phi) is 4.34. The molecule has 1 unspecified atom stereocenters. The topological polar surface area (TPSA) is 56.0 Å². The fourth-order valence-electron chi connectivity index (χ4n) is 1.87. The van der Waals surface area contributed by atoms with Crippen molar-refractivity contribution < 1.29 is 9.50 Å². The van der Waals surface area contributed by atoms with Crippen LogP contribution in [0.25, 0.3) is 0 Å². The standard InChI is InChI=1S/C16H15FN2O/c1-11-2-7-15(14(17)8-11)19-10-16(20)13-5-3-12(9-18)4-6-13/h2-8,16,19-20H,10H2,1H3. The third-order valence-electron chi connectivity index (χ3n) is 3.04. The molecule has 2 N–H and O–H groups in total. The van der Waals surface area contributed by atoms with Gasteiger partial charge in [-0.25, -0.2) is 4.39 Å². The first-order valence-electron chi connectivity index (χ1n) is 6.28. The molecule has 0 bridgehead atoms. The third-order valence-corrected chi connectivity index (χ3v) is 3.04. The molecule has 0 heterocycles. The van der Waals surface area contributed by atoms with E-state index in [1.807, 2.05) is 13.0 Å². The molecule has 2 aromatic rings. The Hall–Kier alpha value is -2.38. The van der Waals surface area contributed by atoms with Crippen molar-refractivity contribution in [1.82, 2.24) is 0 Å². The molecule has 1 atom stereocenters. The summed E-state index contributed by atoms with van der Waals surface area (Å²) in [5.74, 6) is -0.336. The van der Waals surface area contributed by atoms with Gasteiger partial charge in [0.05, 0.1) is 23.4 Å². The van der Waals surface area contributed by atoms with E-state index in [0.29, 0.717) is 16.8 Å². The molecule has 0 aromatic heterocycles. The van der Waals surface area contributed by atoms with Gasteiger partial charge in [-0.3, -0.25) is 0 Å². The van der Waals surface area contributed by atoms with Gasteiger partial charge in [0.25, 0.3) is 0 Å². The minimum Gasteiger partial charge on any atom is -0.387 e. The van der Waals surface area contributed by atoms with Gasteiger partial charge < -0.3 is 10.4 Å². The number of benzene rings is 2. The number of anilines is 1. The maximum atomic E-state index is 13.6. The normalized spacial score (nSPS) is 11.7. The van der Waals surface area contributed by atoms with Crippen molar-refractivity contribution >= 4 is 5.69 Å². The Morgan fingerprint density at radius 2 is 1.95 bits per heavy atom. The van der Waals surface area contributed by atoms with Crippen LogP contribution in [0.1, 0.15) is 22.8 Å². The second-order valence-electron chi connectivity index (χ2n) is 4.61. The quantitative estimate of drug-likeness (QED) is 0.897. The molecule has 102 valence electrons. The van der Waals surface area contributed by atoms with Crippen LogP contribution in [-0.2, 0) is 0 Å². The van der Waals surface area contributed by atoms with Gasteiger partial charge in [0, 0.05) is 6.54 Å². The average molecular weight is 270 g/mol. The SMILES string of the molecule is Cc1ccc(NCC(O)c2ccc(C#N)cc2)c(F)c1. The van der Waals surface area contributed by atoms with Crippen LogP contribution in [0.5, 0.6) is 0 Å². The highest BCUT2D eigenvalue weighted by Crippen LogP contribution is 2.18. The van der Waals surface area contributed by atoms with Crippen LogP contribution in [0.2, 0.25) is 0 Å². The number of rotatable bonds is 4. The molecule has 0 saturated heterocycles. The Labute approximate surface area is 117 Å². The van der Waals surface area contributed by atoms with Crippen molar-refractivity contribution in [2.45, 2.75) is 13.0 Å². The first kappa shape index (κ1) is 14.0. The summed E-state index contributed by atoms with van der Waals surface area (Å²) >= 11 is 0. The van der Waals surface area contributed by atoms with Crippen molar-refractivity contribution in [3.05, 3.63) is 65.0 Å². The predicted molar refractivity (Wildman–Crippen MR) is 75.7 cm³/mol. The third kappa shape index (κ3) is 3.34. The molecular formula is C16H15FN2O. The zero-order valence-corrected chi connectivity index (χ0v) is 11.1. The van der Waals surface area contributed by atoms with Crippen molar-refractivity contribution in [1.29, 1.82) is 5.26 Å². The van der Waals surface area contributed by atoms with E-state index in [9.17, 15) is 9.50 Å². The van der Waals surface area contributed by atoms with E-state index in [-0.39, 0.29) is 12.4 Å². The van der Waals surface area contributed by atoms with E-state index < -0.39 is 6.10 Å². The van der Waals surface area contributed by atoms with Crippen LogP contribution in [0, 0.1) is 24.1 Å². The number of nitriles is 1. The van der Waals surface area contributed by atoms with Crippen molar-refractivity contribution in [2.75, 3.05) is 11.9 Å². The van der Waals surface area contributed by atoms with Crippen LogP contribution in [-0.4, -0.2) is 11.7 Å². The van der Waals surface area contributed by atoms with Crippen molar-refractivity contribution in [3.8, 4) is 6.07 Å². The van der Waals surface area contributed by atoms with Crippen molar-refractivity contribution in [3.63, 3.8) is 0 Å². The summed E-state index contributed by atoms with van der Waals surface area (Å²) in [6, 6.07) is 13.6. The summed E-state index contributed by atoms with van der Waals surface area (Å²) < 4.78 is 13.6. The molecule has 0 saturated carbocycles. The smallest absolute Gasteiger partial charge is 0.146 e. The lowest BCUT2D eigenvalue weighted by atomic mass is 10.1. The molecule has 0 amide bonds. The molecule has 2 rings (SSSR count).